The van der Waals surface area contributed by atoms with E-state index in [1.807, 2.05) is 13.0 Å². The summed E-state index contributed by atoms with van der Waals surface area (Å²) in [4.78, 5) is 16.2. The Balaban J connectivity index is 2.15. The zero-order chi connectivity index (χ0) is 14.4. The van der Waals surface area contributed by atoms with Crippen LogP contribution in [0.2, 0.25) is 0 Å². The zero-order valence-corrected chi connectivity index (χ0v) is 11.1. The molecule has 0 atom stereocenters. The fourth-order valence-corrected chi connectivity index (χ4v) is 1.72. The van der Waals surface area contributed by atoms with Crippen LogP contribution in [0, 0.1) is 11.3 Å². The van der Waals surface area contributed by atoms with Crippen molar-refractivity contribution in [1.82, 2.24) is 4.98 Å². The maximum atomic E-state index is 12.1. The summed E-state index contributed by atoms with van der Waals surface area (Å²) in [5.41, 5.74) is 1.61. The highest BCUT2D eigenvalue weighted by atomic mass is 16.1. The van der Waals surface area contributed by atoms with Crippen LogP contribution in [0.1, 0.15) is 22.8 Å². The van der Waals surface area contributed by atoms with Crippen LogP contribution in [0.25, 0.3) is 0 Å². The molecular formula is C15H14N4O. The van der Waals surface area contributed by atoms with Crippen LogP contribution in [-0.2, 0) is 0 Å². The van der Waals surface area contributed by atoms with E-state index in [0.717, 1.165) is 6.54 Å². The van der Waals surface area contributed by atoms with Crippen molar-refractivity contribution in [3.8, 4) is 6.07 Å². The number of nitrogens with one attached hydrogen (secondary N) is 2. The van der Waals surface area contributed by atoms with Crippen LogP contribution in [0.5, 0.6) is 0 Å². The SMILES string of the molecule is CCNc1cc(C(=O)Nc2cccc(C#N)c2)ccn1. The molecule has 1 aromatic carbocycles. The molecule has 0 saturated heterocycles. The van der Waals surface area contributed by atoms with E-state index in [1.165, 1.54) is 0 Å². The quantitative estimate of drug-likeness (QED) is 0.891. The monoisotopic (exact) mass is 266 g/mol. The Kier molecular flexibility index (Phi) is 4.30. The first kappa shape index (κ1) is 13.6. The molecule has 0 radical (unpaired) electrons. The molecule has 0 aliphatic rings. The van der Waals surface area contributed by atoms with Gasteiger partial charge in [-0.15, -0.1) is 0 Å². The lowest BCUT2D eigenvalue weighted by Gasteiger charge is -2.07. The molecule has 5 nitrogen and oxygen atoms in total. The fourth-order valence-electron chi connectivity index (χ4n) is 1.72. The van der Waals surface area contributed by atoms with E-state index < -0.39 is 0 Å². The van der Waals surface area contributed by atoms with Gasteiger partial charge >= 0.3 is 0 Å². The normalized spacial score (nSPS) is 9.60. The highest BCUT2D eigenvalue weighted by molar-refractivity contribution is 6.04. The minimum Gasteiger partial charge on any atom is -0.370 e. The average Bonchev–Trinajstić information content (AvgIpc) is 2.48. The summed E-state index contributed by atoms with van der Waals surface area (Å²) < 4.78 is 0. The van der Waals surface area contributed by atoms with E-state index >= 15 is 0 Å². The van der Waals surface area contributed by atoms with Gasteiger partial charge in [0, 0.05) is 24.0 Å². The Morgan fingerprint density at radius 3 is 2.95 bits per heavy atom. The highest BCUT2D eigenvalue weighted by Gasteiger charge is 2.07. The summed E-state index contributed by atoms with van der Waals surface area (Å²) in [7, 11) is 0. The van der Waals surface area contributed by atoms with Gasteiger partial charge in [-0.25, -0.2) is 4.98 Å². The first-order valence-corrected chi connectivity index (χ1v) is 6.24. The number of nitriles is 1. The molecule has 0 spiro atoms. The lowest BCUT2D eigenvalue weighted by atomic mass is 10.2. The number of nitrogens with zero attached hydrogens (tertiary/aromatic N) is 2. The van der Waals surface area contributed by atoms with Gasteiger partial charge < -0.3 is 10.6 Å². The van der Waals surface area contributed by atoms with Crippen LogP contribution >= 0.6 is 0 Å². The average molecular weight is 266 g/mol. The maximum absolute atomic E-state index is 12.1. The van der Waals surface area contributed by atoms with Gasteiger partial charge in [-0.1, -0.05) is 6.07 Å². The van der Waals surface area contributed by atoms with Crippen molar-refractivity contribution in [2.75, 3.05) is 17.2 Å². The molecule has 2 N–H and O–H groups in total. The standard InChI is InChI=1S/C15H14N4O/c1-2-17-14-9-12(6-7-18-14)15(20)19-13-5-3-4-11(8-13)10-16/h3-9H,2H2,1H3,(H,17,18)(H,19,20). The minimum atomic E-state index is -0.235. The number of pyridine rings is 1. The number of carbonyl (C=O) groups is 1. The number of amides is 1. The van der Waals surface area contributed by atoms with Crippen LogP contribution in [0.15, 0.2) is 42.6 Å². The summed E-state index contributed by atoms with van der Waals surface area (Å²) in [6.45, 7) is 2.70. The fraction of sp³-hybridized carbons (Fsp3) is 0.133. The van der Waals surface area contributed by atoms with E-state index in [0.29, 0.717) is 22.6 Å². The van der Waals surface area contributed by atoms with E-state index in [-0.39, 0.29) is 5.91 Å². The van der Waals surface area contributed by atoms with Crippen molar-refractivity contribution in [2.24, 2.45) is 0 Å². The van der Waals surface area contributed by atoms with Crippen molar-refractivity contribution in [3.05, 3.63) is 53.7 Å². The molecule has 0 aliphatic carbocycles. The van der Waals surface area contributed by atoms with Crippen LogP contribution in [0.3, 0.4) is 0 Å². The third-order valence-electron chi connectivity index (χ3n) is 2.63. The minimum absolute atomic E-state index is 0.235. The van der Waals surface area contributed by atoms with Gasteiger partial charge in [0.25, 0.3) is 5.91 Å². The molecular weight excluding hydrogens is 252 g/mol. The summed E-state index contributed by atoms with van der Waals surface area (Å²) in [6, 6.07) is 12.1. The molecule has 1 aromatic heterocycles. The lowest BCUT2D eigenvalue weighted by molar-refractivity contribution is 0.102. The van der Waals surface area contributed by atoms with Crippen LogP contribution < -0.4 is 10.6 Å². The first-order chi connectivity index (χ1) is 9.72. The van der Waals surface area contributed by atoms with Crippen molar-refractivity contribution >= 4 is 17.4 Å². The van der Waals surface area contributed by atoms with Crippen LogP contribution in [0.4, 0.5) is 11.5 Å². The first-order valence-electron chi connectivity index (χ1n) is 6.24. The lowest BCUT2D eigenvalue weighted by Crippen LogP contribution is -2.12. The summed E-state index contributed by atoms with van der Waals surface area (Å²) in [5, 5.41) is 14.6. The number of rotatable bonds is 4. The van der Waals surface area contributed by atoms with Gasteiger partial charge in [-0.05, 0) is 37.3 Å². The second-order valence-corrected chi connectivity index (χ2v) is 4.11. The largest absolute Gasteiger partial charge is 0.370 e. The maximum Gasteiger partial charge on any atom is 0.255 e. The van der Waals surface area contributed by atoms with E-state index in [2.05, 4.69) is 15.6 Å². The van der Waals surface area contributed by atoms with Gasteiger partial charge in [-0.2, -0.15) is 5.26 Å². The third-order valence-corrected chi connectivity index (χ3v) is 2.63. The summed E-state index contributed by atoms with van der Waals surface area (Å²) in [5.74, 6) is 0.424. The summed E-state index contributed by atoms with van der Waals surface area (Å²) >= 11 is 0. The van der Waals surface area contributed by atoms with Gasteiger partial charge in [-0.3, -0.25) is 4.79 Å². The predicted molar refractivity (Wildman–Crippen MR) is 77.5 cm³/mol. The second-order valence-electron chi connectivity index (χ2n) is 4.11. The molecule has 1 amide bonds. The Morgan fingerprint density at radius 1 is 1.35 bits per heavy atom. The Hall–Kier alpha value is -2.87. The van der Waals surface area contributed by atoms with E-state index in [4.69, 9.17) is 5.26 Å². The molecule has 5 heteroatoms. The number of carbonyl (C=O) groups excluding carboxylic acids is 1. The molecule has 1 heterocycles. The van der Waals surface area contributed by atoms with Gasteiger partial charge in [0.05, 0.1) is 11.6 Å². The molecule has 2 aromatic rings. The molecule has 20 heavy (non-hydrogen) atoms. The Bertz CT molecular complexity index is 661. The predicted octanol–water partition coefficient (Wildman–Crippen LogP) is 2.64. The molecule has 0 aliphatic heterocycles. The number of hydrogen-bond acceptors (Lipinski definition) is 4. The van der Waals surface area contributed by atoms with Crippen molar-refractivity contribution in [1.29, 1.82) is 5.26 Å². The summed E-state index contributed by atoms with van der Waals surface area (Å²) in [6.07, 6.45) is 1.58. The smallest absolute Gasteiger partial charge is 0.255 e. The number of hydrogen-bond donors (Lipinski definition) is 2. The zero-order valence-electron chi connectivity index (χ0n) is 11.1. The van der Waals surface area contributed by atoms with Crippen molar-refractivity contribution in [3.63, 3.8) is 0 Å². The van der Waals surface area contributed by atoms with Crippen molar-refractivity contribution in [2.45, 2.75) is 6.92 Å². The van der Waals surface area contributed by atoms with Gasteiger partial charge in [0.1, 0.15) is 5.82 Å². The molecule has 0 saturated carbocycles. The second kappa shape index (κ2) is 6.34. The van der Waals surface area contributed by atoms with E-state index in [1.54, 1.807) is 42.6 Å². The molecule has 0 bridgehead atoms. The van der Waals surface area contributed by atoms with Gasteiger partial charge in [0.2, 0.25) is 0 Å². The number of aromatic nitrogens is 1. The van der Waals surface area contributed by atoms with Gasteiger partial charge in [0.15, 0.2) is 0 Å². The topological polar surface area (TPSA) is 77.8 Å². The van der Waals surface area contributed by atoms with Crippen molar-refractivity contribution < 1.29 is 4.79 Å². The molecule has 0 unspecified atom stereocenters. The Morgan fingerprint density at radius 2 is 2.20 bits per heavy atom. The third kappa shape index (κ3) is 3.33. The number of anilines is 2. The Labute approximate surface area is 117 Å². The van der Waals surface area contributed by atoms with E-state index in [9.17, 15) is 4.79 Å². The highest BCUT2D eigenvalue weighted by Crippen LogP contribution is 2.13. The van der Waals surface area contributed by atoms with Crippen LogP contribution in [-0.4, -0.2) is 17.4 Å². The molecule has 2 rings (SSSR count). The number of benzene rings is 1. The molecule has 100 valence electrons. The molecule has 0 fully saturated rings.